The highest BCUT2D eigenvalue weighted by atomic mass is 17.3. The Hall–Kier alpha value is -0.610. The molecule has 0 N–H and O–H groups in total. The molecule has 2 atom stereocenters. The smallest absolute Gasteiger partial charge is 0.311 e. The maximum atomic E-state index is 12.4. The van der Waals surface area contributed by atoms with Crippen LogP contribution in [0.4, 0.5) is 0 Å². The van der Waals surface area contributed by atoms with Gasteiger partial charge in [-0.05, 0) is 23.7 Å². The van der Waals surface area contributed by atoms with Crippen molar-refractivity contribution in [2.45, 2.75) is 73.5 Å². The lowest BCUT2D eigenvalue weighted by molar-refractivity contribution is -0.473. The fraction of sp³-hybridized carbons (Fsp3) is 0.938. The standard InChI is InChI=1S/C16H30O4/c1-7-8-9-12(14(17)19-13-10-18-20-13)16(5,6)11-15(2,3)4/h12-13H,7-11H2,1-6H3. The van der Waals surface area contributed by atoms with Gasteiger partial charge in [0.05, 0.1) is 5.92 Å². The fourth-order valence-corrected chi connectivity index (χ4v) is 3.11. The molecule has 0 bridgehead atoms. The molecular formula is C16H30O4. The van der Waals surface area contributed by atoms with Crippen LogP contribution in [0.3, 0.4) is 0 Å². The number of esters is 1. The third-order valence-corrected chi connectivity index (χ3v) is 3.69. The minimum atomic E-state index is -0.517. The first-order valence-electron chi connectivity index (χ1n) is 7.64. The first kappa shape index (κ1) is 17.4. The van der Waals surface area contributed by atoms with E-state index in [1.807, 2.05) is 0 Å². The Kier molecular flexibility index (Phi) is 6.02. The predicted molar refractivity (Wildman–Crippen MR) is 77.8 cm³/mol. The van der Waals surface area contributed by atoms with E-state index in [1.165, 1.54) is 0 Å². The van der Waals surface area contributed by atoms with Crippen LogP contribution in [0, 0.1) is 16.7 Å². The van der Waals surface area contributed by atoms with Crippen molar-refractivity contribution in [3.63, 3.8) is 0 Å². The maximum Gasteiger partial charge on any atom is 0.311 e. The van der Waals surface area contributed by atoms with Crippen LogP contribution in [0.1, 0.15) is 67.2 Å². The SMILES string of the molecule is CCCCC(C(=O)OC1COO1)C(C)(C)CC(C)(C)C. The van der Waals surface area contributed by atoms with Gasteiger partial charge in [0.15, 0.2) is 0 Å². The molecule has 4 heteroatoms. The van der Waals surface area contributed by atoms with Crippen molar-refractivity contribution >= 4 is 5.97 Å². The zero-order chi connectivity index (χ0) is 15.4. The first-order chi connectivity index (χ1) is 9.15. The molecule has 118 valence electrons. The van der Waals surface area contributed by atoms with E-state index in [0.717, 1.165) is 25.7 Å². The summed E-state index contributed by atoms with van der Waals surface area (Å²) in [6, 6.07) is 0. The van der Waals surface area contributed by atoms with Crippen molar-refractivity contribution < 1.29 is 19.3 Å². The van der Waals surface area contributed by atoms with Crippen molar-refractivity contribution in [1.29, 1.82) is 0 Å². The summed E-state index contributed by atoms with van der Waals surface area (Å²) in [6.45, 7) is 13.4. The predicted octanol–water partition coefficient (Wildman–Crippen LogP) is 4.09. The van der Waals surface area contributed by atoms with Gasteiger partial charge in [-0.1, -0.05) is 54.4 Å². The summed E-state index contributed by atoms with van der Waals surface area (Å²) < 4.78 is 5.36. The number of ether oxygens (including phenoxy) is 1. The minimum Gasteiger partial charge on any atom is -0.430 e. The van der Waals surface area contributed by atoms with Gasteiger partial charge in [-0.3, -0.25) is 4.79 Å². The summed E-state index contributed by atoms with van der Waals surface area (Å²) in [4.78, 5) is 21.7. The normalized spacial score (nSPS) is 21.2. The Labute approximate surface area is 123 Å². The van der Waals surface area contributed by atoms with Crippen LogP contribution in [-0.4, -0.2) is 18.9 Å². The van der Waals surface area contributed by atoms with Gasteiger partial charge in [0.1, 0.15) is 6.61 Å². The number of carbonyl (C=O) groups is 1. The topological polar surface area (TPSA) is 44.8 Å². The summed E-state index contributed by atoms with van der Waals surface area (Å²) in [6.07, 6.45) is 3.45. The molecule has 1 rings (SSSR count). The van der Waals surface area contributed by atoms with E-state index in [2.05, 4.69) is 46.4 Å². The van der Waals surface area contributed by atoms with E-state index in [4.69, 9.17) is 9.62 Å². The molecular weight excluding hydrogens is 256 g/mol. The third kappa shape index (κ3) is 5.41. The van der Waals surface area contributed by atoms with Crippen molar-refractivity contribution in [2.24, 2.45) is 16.7 Å². The third-order valence-electron chi connectivity index (χ3n) is 3.69. The molecule has 0 spiro atoms. The highest BCUT2D eigenvalue weighted by Crippen LogP contribution is 2.42. The zero-order valence-electron chi connectivity index (χ0n) is 13.8. The van der Waals surface area contributed by atoms with Crippen LogP contribution in [-0.2, 0) is 19.3 Å². The second-order valence-electron chi connectivity index (χ2n) is 7.67. The summed E-state index contributed by atoms with van der Waals surface area (Å²) in [5, 5.41) is 0. The van der Waals surface area contributed by atoms with Gasteiger partial charge in [0, 0.05) is 0 Å². The molecule has 1 aliphatic heterocycles. The molecule has 1 fully saturated rings. The number of hydrogen-bond donors (Lipinski definition) is 0. The monoisotopic (exact) mass is 286 g/mol. The molecule has 4 nitrogen and oxygen atoms in total. The van der Waals surface area contributed by atoms with Crippen LogP contribution >= 0.6 is 0 Å². The van der Waals surface area contributed by atoms with Gasteiger partial charge in [0.25, 0.3) is 6.29 Å². The minimum absolute atomic E-state index is 0.0882. The molecule has 0 aromatic heterocycles. The van der Waals surface area contributed by atoms with Gasteiger partial charge >= 0.3 is 5.97 Å². The largest absolute Gasteiger partial charge is 0.430 e. The average molecular weight is 286 g/mol. The second kappa shape index (κ2) is 6.90. The Morgan fingerprint density at radius 2 is 1.90 bits per heavy atom. The summed E-state index contributed by atoms with van der Waals surface area (Å²) >= 11 is 0. The number of rotatable bonds is 7. The van der Waals surface area contributed by atoms with Crippen LogP contribution in [0.25, 0.3) is 0 Å². The fourth-order valence-electron chi connectivity index (χ4n) is 3.11. The zero-order valence-corrected chi connectivity index (χ0v) is 13.8. The van der Waals surface area contributed by atoms with Crippen LogP contribution in [0.2, 0.25) is 0 Å². The Morgan fingerprint density at radius 1 is 1.30 bits per heavy atom. The van der Waals surface area contributed by atoms with Gasteiger partial charge in [-0.25, -0.2) is 4.89 Å². The van der Waals surface area contributed by atoms with Gasteiger partial charge in [-0.2, -0.15) is 4.89 Å². The lowest BCUT2D eigenvalue weighted by atomic mass is 9.67. The van der Waals surface area contributed by atoms with E-state index in [1.54, 1.807) is 0 Å². The molecule has 0 aliphatic carbocycles. The lowest BCUT2D eigenvalue weighted by Gasteiger charge is -2.38. The number of carbonyl (C=O) groups excluding carboxylic acids is 1. The summed E-state index contributed by atoms with van der Waals surface area (Å²) in [5.74, 6) is -0.244. The van der Waals surface area contributed by atoms with Crippen molar-refractivity contribution in [1.82, 2.24) is 0 Å². The summed E-state index contributed by atoms with van der Waals surface area (Å²) in [5.41, 5.74) is 0.0967. The molecule has 0 saturated carbocycles. The lowest BCUT2D eigenvalue weighted by Crippen LogP contribution is -2.41. The van der Waals surface area contributed by atoms with Gasteiger partial charge in [-0.15, -0.1) is 0 Å². The summed E-state index contributed by atoms with van der Waals surface area (Å²) in [7, 11) is 0. The number of unbranched alkanes of at least 4 members (excludes halogenated alkanes) is 1. The van der Waals surface area contributed by atoms with Crippen LogP contribution < -0.4 is 0 Å². The van der Waals surface area contributed by atoms with Crippen molar-refractivity contribution in [3.8, 4) is 0 Å². The van der Waals surface area contributed by atoms with E-state index < -0.39 is 6.29 Å². The molecule has 20 heavy (non-hydrogen) atoms. The molecule has 0 aromatic carbocycles. The Balaban J connectivity index is 2.71. The first-order valence-corrected chi connectivity index (χ1v) is 7.64. The van der Waals surface area contributed by atoms with Gasteiger partial charge in [0.2, 0.25) is 0 Å². The highest BCUT2D eigenvalue weighted by Gasteiger charge is 2.40. The molecule has 0 radical (unpaired) electrons. The highest BCUT2D eigenvalue weighted by molar-refractivity contribution is 5.73. The molecule has 1 aliphatic rings. The van der Waals surface area contributed by atoms with E-state index >= 15 is 0 Å². The van der Waals surface area contributed by atoms with Crippen molar-refractivity contribution in [2.75, 3.05) is 6.61 Å². The molecule has 0 amide bonds. The van der Waals surface area contributed by atoms with E-state index in [0.29, 0.717) is 6.61 Å². The maximum absolute atomic E-state index is 12.4. The van der Waals surface area contributed by atoms with Crippen LogP contribution in [0.15, 0.2) is 0 Å². The Morgan fingerprint density at radius 3 is 2.30 bits per heavy atom. The molecule has 0 aromatic rings. The average Bonchev–Trinajstić information content (AvgIpc) is 2.20. The molecule has 1 saturated heterocycles. The van der Waals surface area contributed by atoms with Gasteiger partial charge < -0.3 is 4.74 Å². The molecule has 2 unspecified atom stereocenters. The van der Waals surface area contributed by atoms with E-state index in [9.17, 15) is 4.79 Å². The number of hydrogen-bond acceptors (Lipinski definition) is 4. The second-order valence-corrected chi connectivity index (χ2v) is 7.67. The van der Waals surface area contributed by atoms with E-state index in [-0.39, 0.29) is 22.7 Å². The molecule has 1 heterocycles. The van der Waals surface area contributed by atoms with Crippen LogP contribution in [0.5, 0.6) is 0 Å². The quantitative estimate of drug-likeness (QED) is 0.522. The van der Waals surface area contributed by atoms with Crippen molar-refractivity contribution in [3.05, 3.63) is 0 Å². The Bertz CT molecular complexity index is 313.